The SMILES string of the molecule is CC1CCC(c2noc(CC3CNC3)n2)C1. The summed E-state index contributed by atoms with van der Waals surface area (Å²) in [7, 11) is 0. The van der Waals surface area contributed by atoms with Crippen molar-refractivity contribution in [1.82, 2.24) is 15.5 Å². The van der Waals surface area contributed by atoms with Crippen LogP contribution in [-0.4, -0.2) is 23.2 Å². The van der Waals surface area contributed by atoms with Crippen LogP contribution in [0, 0.1) is 11.8 Å². The van der Waals surface area contributed by atoms with Crippen molar-refractivity contribution in [3.05, 3.63) is 11.7 Å². The van der Waals surface area contributed by atoms with E-state index in [0.29, 0.717) is 11.8 Å². The first-order valence-electron chi connectivity index (χ1n) is 6.34. The van der Waals surface area contributed by atoms with E-state index < -0.39 is 0 Å². The summed E-state index contributed by atoms with van der Waals surface area (Å²) in [4.78, 5) is 4.54. The molecule has 3 rings (SSSR count). The van der Waals surface area contributed by atoms with E-state index in [9.17, 15) is 0 Å². The van der Waals surface area contributed by atoms with Crippen molar-refractivity contribution < 1.29 is 4.52 Å². The molecule has 4 nitrogen and oxygen atoms in total. The predicted octanol–water partition coefficient (Wildman–Crippen LogP) is 1.74. The lowest BCUT2D eigenvalue weighted by Gasteiger charge is -2.25. The van der Waals surface area contributed by atoms with Crippen molar-refractivity contribution in [3.63, 3.8) is 0 Å². The van der Waals surface area contributed by atoms with Gasteiger partial charge in [0.05, 0.1) is 0 Å². The van der Waals surface area contributed by atoms with E-state index in [1.165, 1.54) is 19.3 Å². The fourth-order valence-electron chi connectivity index (χ4n) is 2.70. The molecule has 0 radical (unpaired) electrons. The summed E-state index contributed by atoms with van der Waals surface area (Å²) in [5.41, 5.74) is 0. The number of hydrogen-bond donors (Lipinski definition) is 1. The van der Waals surface area contributed by atoms with E-state index in [-0.39, 0.29) is 0 Å². The van der Waals surface area contributed by atoms with Crippen LogP contribution in [0.5, 0.6) is 0 Å². The molecule has 1 aromatic heterocycles. The van der Waals surface area contributed by atoms with Crippen molar-refractivity contribution in [2.24, 2.45) is 11.8 Å². The van der Waals surface area contributed by atoms with Crippen molar-refractivity contribution in [2.45, 2.75) is 38.5 Å². The number of nitrogens with one attached hydrogen (secondary N) is 1. The Morgan fingerprint density at radius 2 is 2.25 bits per heavy atom. The van der Waals surface area contributed by atoms with Crippen molar-refractivity contribution >= 4 is 0 Å². The normalized spacial score (nSPS) is 30.6. The molecule has 88 valence electrons. The summed E-state index contributed by atoms with van der Waals surface area (Å²) in [6, 6.07) is 0. The van der Waals surface area contributed by atoms with E-state index >= 15 is 0 Å². The minimum Gasteiger partial charge on any atom is -0.339 e. The predicted molar refractivity (Wildman–Crippen MR) is 60.1 cm³/mol. The first-order chi connectivity index (χ1) is 7.81. The Balaban J connectivity index is 1.63. The second-order valence-electron chi connectivity index (χ2n) is 5.39. The second-order valence-corrected chi connectivity index (χ2v) is 5.39. The standard InChI is InChI=1S/C12H19N3O/c1-8-2-3-10(4-8)12-14-11(16-15-12)5-9-6-13-7-9/h8-10,13H,2-7H2,1H3. The van der Waals surface area contributed by atoms with Gasteiger partial charge in [0.25, 0.3) is 0 Å². The van der Waals surface area contributed by atoms with E-state index in [2.05, 4.69) is 22.4 Å². The largest absolute Gasteiger partial charge is 0.339 e. The van der Waals surface area contributed by atoms with E-state index in [0.717, 1.165) is 37.1 Å². The Kier molecular flexibility index (Phi) is 2.67. The Morgan fingerprint density at radius 1 is 1.38 bits per heavy atom. The lowest BCUT2D eigenvalue weighted by molar-refractivity contribution is 0.294. The fraction of sp³-hybridized carbons (Fsp3) is 0.833. The molecule has 2 fully saturated rings. The van der Waals surface area contributed by atoms with Gasteiger partial charge in [-0.05, 0) is 44.2 Å². The maximum absolute atomic E-state index is 5.33. The Labute approximate surface area is 95.8 Å². The number of aromatic nitrogens is 2. The molecule has 2 unspecified atom stereocenters. The Morgan fingerprint density at radius 3 is 2.88 bits per heavy atom. The minimum atomic E-state index is 0.548. The molecular weight excluding hydrogens is 202 g/mol. The third-order valence-corrected chi connectivity index (χ3v) is 3.87. The molecule has 0 aromatic carbocycles. The van der Waals surface area contributed by atoms with Crippen LogP contribution in [-0.2, 0) is 6.42 Å². The second kappa shape index (κ2) is 4.17. The van der Waals surface area contributed by atoms with E-state index in [4.69, 9.17) is 4.52 Å². The first-order valence-corrected chi connectivity index (χ1v) is 6.34. The Bertz CT molecular complexity index is 359. The Hall–Kier alpha value is -0.900. The van der Waals surface area contributed by atoms with E-state index in [1.54, 1.807) is 0 Å². The third kappa shape index (κ3) is 1.98. The number of nitrogens with zero attached hydrogens (tertiary/aromatic N) is 2. The van der Waals surface area contributed by atoms with Gasteiger partial charge in [-0.1, -0.05) is 12.1 Å². The van der Waals surface area contributed by atoms with Gasteiger partial charge >= 0.3 is 0 Å². The first kappa shape index (κ1) is 10.3. The molecule has 0 amide bonds. The van der Waals surface area contributed by atoms with Crippen LogP contribution in [0.2, 0.25) is 0 Å². The van der Waals surface area contributed by atoms with E-state index in [1.807, 2.05) is 0 Å². The van der Waals surface area contributed by atoms with Gasteiger partial charge in [-0.25, -0.2) is 0 Å². The summed E-state index contributed by atoms with van der Waals surface area (Å²) in [5, 5.41) is 7.40. The summed E-state index contributed by atoms with van der Waals surface area (Å²) in [5.74, 6) is 3.86. The lowest BCUT2D eigenvalue weighted by Crippen LogP contribution is -2.43. The van der Waals surface area contributed by atoms with Crippen molar-refractivity contribution in [3.8, 4) is 0 Å². The highest BCUT2D eigenvalue weighted by atomic mass is 16.5. The zero-order chi connectivity index (χ0) is 11.0. The molecule has 16 heavy (non-hydrogen) atoms. The smallest absolute Gasteiger partial charge is 0.227 e. The van der Waals surface area contributed by atoms with Crippen molar-refractivity contribution in [1.29, 1.82) is 0 Å². The van der Waals surface area contributed by atoms with Gasteiger partial charge in [0.15, 0.2) is 5.82 Å². The monoisotopic (exact) mass is 221 g/mol. The average Bonchev–Trinajstić information content (AvgIpc) is 2.80. The van der Waals surface area contributed by atoms with Crippen LogP contribution < -0.4 is 5.32 Å². The molecule has 1 saturated heterocycles. The molecule has 2 heterocycles. The topological polar surface area (TPSA) is 51.0 Å². The van der Waals surface area contributed by atoms with Crippen LogP contribution in [0.25, 0.3) is 0 Å². The molecule has 1 N–H and O–H groups in total. The molecule has 2 aliphatic rings. The molecule has 2 atom stereocenters. The van der Waals surface area contributed by atoms with Gasteiger partial charge in [0.2, 0.25) is 5.89 Å². The van der Waals surface area contributed by atoms with Gasteiger partial charge in [0.1, 0.15) is 0 Å². The number of hydrogen-bond acceptors (Lipinski definition) is 4. The molecule has 1 aliphatic heterocycles. The molecule has 0 bridgehead atoms. The lowest BCUT2D eigenvalue weighted by atomic mass is 9.99. The van der Waals surface area contributed by atoms with Gasteiger partial charge in [-0.2, -0.15) is 4.98 Å². The van der Waals surface area contributed by atoms with Crippen LogP contribution >= 0.6 is 0 Å². The maximum Gasteiger partial charge on any atom is 0.227 e. The highest BCUT2D eigenvalue weighted by Gasteiger charge is 2.27. The van der Waals surface area contributed by atoms with Crippen LogP contribution in [0.15, 0.2) is 4.52 Å². The zero-order valence-corrected chi connectivity index (χ0v) is 9.78. The highest BCUT2D eigenvalue weighted by molar-refractivity contribution is 5.00. The molecule has 1 aliphatic carbocycles. The molecule has 1 aromatic rings. The average molecular weight is 221 g/mol. The fourth-order valence-corrected chi connectivity index (χ4v) is 2.70. The summed E-state index contributed by atoms with van der Waals surface area (Å²) in [6.07, 6.45) is 4.71. The molecule has 1 saturated carbocycles. The van der Waals surface area contributed by atoms with Crippen LogP contribution in [0.3, 0.4) is 0 Å². The van der Waals surface area contributed by atoms with Gasteiger partial charge in [0, 0.05) is 12.3 Å². The van der Waals surface area contributed by atoms with Crippen molar-refractivity contribution in [2.75, 3.05) is 13.1 Å². The van der Waals surface area contributed by atoms with Crippen LogP contribution in [0.1, 0.15) is 43.8 Å². The maximum atomic E-state index is 5.33. The minimum absolute atomic E-state index is 0.548. The molecule has 4 heteroatoms. The number of rotatable bonds is 3. The summed E-state index contributed by atoms with van der Waals surface area (Å²) >= 11 is 0. The summed E-state index contributed by atoms with van der Waals surface area (Å²) < 4.78 is 5.33. The molecular formula is C12H19N3O. The summed E-state index contributed by atoms with van der Waals surface area (Å²) in [6.45, 7) is 4.50. The van der Waals surface area contributed by atoms with Crippen LogP contribution in [0.4, 0.5) is 0 Å². The zero-order valence-electron chi connectivity index (χ0n) is 9.78. The quantitative estimate of drug-likeness (QED) is 0.844. The van der Waals surface area contributed by atoms with Gasteiger partial charge in [-0.3, -0.25) is 0 Å². The third-order valence-electron chi connectivity index (χ3n) is 3.87. The van der Waals surface area contributed by atoms with Gasteiger partial charge in [-0.15, -0.1) is 0 Å². The molecule has 0 spiro atoms. The highest BCUT2D eigenvalue weighted by Crippen LogP contribution is 2.36. The van der Waals surface area contributed by atoms with Gasteiger partial charge < -0.3 is 9.84 Å².